The summed E-state index contributed by atoms with van der Waals surface area (Å²) in [5.74, 6) is 0. The molecule has 0 aliphatic heterocycles. The van der Waals surface area contributed by atoms with Crippen molar-refractivity contribution in [1.29, 1.82) is 0 Å². The fourth-order valence-corrected chi connectivity index (χ4v) is 1.75. The van der Waals surface area contributed by atoms with Crippen molar-refractivity contribution in [3.63, 3.8) is 0 Å². The highest BCUT2D eigenvalue weighted by atomic mass is 28.3. The summed E-state index contributed by atoms with van der Waals surface area (Å²) in [6.07, 6.45) is 0. The molecule has 4 nitrogen and oxygen atoms in total. The van der Waals surface area contributed by atoms with Gasteiger partial charge in [0.25, 0.3) is 0 Å². The van der Waals surface area contributed by atoms with Crippen molar-refractivity contribution in [3.8, 4) is 0 Å². The molecular formula is C10H26N2O2Si. The average Bonchev–Trinajstić information content (AvgIpc) is 1.96. The largest absolute Gasteiger partial charge is 0.302 e. The van der Waals surface area contributed by atoms with Crippen LogP contribution in [0.3, 0.4) is 0 Å². The molecule has 2 N–H and O–H groups in total. The van der Waals surface area contributed by atoms with Gasteiger partial charge in [-0.2, -0.15) is 0 Å². The molecule has 0 aromatic carbocycles. The molecule has 0 saturated carbocycles. The molecule has 0 aromatic heterocycles. The first-order chi connectivity index (χ1) is 6.41. The van der Waals surface area contributed by atoms with Crippen molar-refractivity contribution < 1.29 is 9.68 Å². The van der Waals surface area contributed by atoms with E-state index in [1.54, 1.807) is 0 Å². The highest BCUT2D eigenvalue weighted by molar-refractivity contribution is 6.71. The Labute approximate surface area is 94.8 Å². The van der Waals surface area contributed by atoms with Gasteiger partial charge in [0.05, 0.1) is 11.2 Å². The van der Waals surface area contributed by atoms with Crippen LogP contribution in [0, 0.1) is 0 Å². The quantitative estimate of drug-likeness (QED) is 0.579. The van der Waals surface area contributed by atoms with Crippen LogP contribution < -0.4 is 10.3 Å². The summed E-state index contributed by atoms with van der Waals surface area (Å²) in [6.45, 7) is 16.2. The summed E-state index contributed by atoms with van der Waals surface area (Å²) in [5, 5.41) is 6.15. The van der Waals surface area contributed by atoms with Gasteiger partial charge in [0.1, 0.15) is 0 Å². The molecule has 0 bridgehead atoms. The van der Waals surface area contributed by atoms with Crippen molar-refractivity contribution >= 4 is 8.40 Å². The molecule has 15 heavy (non-hydrogen) atoms. The minimum absolute atomic E-state index is 0.187. The van der Waals surface area contributed by atoms with Crippen molar-refractivity contribution in [1.82, 2.24) is 10.3 Å². The summed E-state index contributed by atoms with van der Waals surface area (Å²) in [7, 11) is -1.87. The van der Waals surface area contributed by atoms with Crippen molar-refractivity contribution in [2.24, 2.45) is 0 Å². The lowest BCUT2D eigenvalue weighted by Crippen LogP contribution is -2.60. The summed E-state index contributed by atoms with van der Waals surface area (Å²) in [5.41, 5.74) is -0.374. The molecule has 0 aliphatic rings. The molecule has 0 amide bonds. The van der Waals surface area contributed by atoms with Crippen LogP contribution in [-0.4, -0.2) is 19.6 Å². The van der Waals surface area contributed by atoms with Crippen molar-refractivity contribution in [3.05, 3.63) is 0 Å². The van der Waals surface area contributed by atoms with Crippen LogP contribution in [0.25, 0.3) is 0 Å². The Bertz CT molecular complexity index is 175. The summed E-state index contributed by atoms with van der Waals surface area (Å²) >= 11 is 0. The van der Waals surface area contributed by atoms with Gasteiger partial charge < -0.3 is 9.68 Å². The van der Waals surface area contributed by atoms with E-state index in [2.05, 4.69) is 23.4 Å². The molecule has 0 radical (unpaired) electrons. The highest BCUT2D eigenvalue weighted by Gasteiger charge is 2.27. The van der Waals surface area contributed by atoms with Crippen molar-refractivity contribution in [2.75, 3.05) is 0 Å². The van der Waals surface area contributed by atoms with Crippen LogP contribution in [0.5, 0.6) is 0 Å². The second-order valence-electron chi connectivity index (χ2n) is 6.26. The van der Waals surface area contributed by atoms with E-state index < -0.39 is 8.40 Å². The third-order valence-electron chi connectivity index (χ3n) is 1.22. The molecule has 0 spiro atoms. The van der Waals surface area contributed by atoms with Gasteiger partial charge in [0, 0.05) is 0 Å². The molecule has 5 heteroatoms. The van der Waals surface area contributed by atoms with Gasteiger partial charge in [-0.3, -0.25) is 0 Å². The van der Waals surface area contributed by atoms with Gasteiger partial charge in [0.2, 0.25) is 8.40 Å². The van der Waals surface area contributed by atoms with Crippen LogP contribution in [0.1, 0.15) is 41.5 Å². The maximum Gasteiger partial charge on any atom is 0.245 e. The Morgan fingerprint density at radius 1 is 0.733 bits per heavy atom. The second-order valence-corrected chi connectivity index (χ2v) is 9.92. The molecule has 0 aliphatic carbocycles. The number of hydrogen-bond donors (Lipinski definition) is 2. The van der Waals surface area contributed by atoms with Crippen LogP contribution in [-0.2, 0) is 9.68 Å². The zero-order chi connectivity index (χ0) is 12.3. The predicted molar refractivity (Wildman–Crippen MR) is 65.4 cm³/mol. The lowest BCUT2D eigenvalue weighted by Gasteiger charge is -2.31. The maximum atomic E-state index is 5.53. The Morgan fingerprint density at radius 3 is 1.20 bits per heavy atom. The minimum Gasteiger partial charge on any atom is -0.302 e. The van der Waals surface area contributed by atoms with Gasteiger partial charge in [-0.15, -0.1) is 0 Å². The SMILES string of the molecule is CC(C)(C)ON[Si](C)(C)NOC(C)(C)C. The molecule has 0 saturated heterocycles. The number of rotatable bonds is 4. The standard InChI is InChI=1S/C10H26N2O2Si/c1-9(2,3)13-11-15(7,8)12-14-10(4,5)6/h11-12H,1-8H3. The third kappa shape index (κ3) is 10.3. The monoisotopic (exact) mass is 234 g/mol. The summed E-state index contributed by atoms with van der Waals surface area (Å²) < 4.78 is 0. The first-order valence-corrected chi connectivity index (χ1v) is 8.32. The molecule has 0 unspecified atom stereocenters. The molecule has 0 heterocycles. The van der Waals surface area contributed by atoms with Gasteiger partial charge in [-0.05, 0) is 54.6 Å². The predicted octanol–water partition coefficient (Wildman–Crippen LogP) is 2.33. The Morgan fingerprint density at radius 2 is 1.00 bits per heavy atom. The van der Waals surface area contributed by atoms with E-state index in [1.165, 1.54) is 0 Å². The Kier molecular flexibility index (Phi) is 4.94. The lowest BCUT2D eigenvalue weighted by atomic mass is 10.2. The smallest absolute Gasteiger partial charge is 0.245 e. The lowest BCUT2D eigenvalue weighted by molar-refractivity contribution is -0.0671. The first kappa shape index (κ1) is 15.1. The van der Waals surface area contributed by atoms with Gasteiger partial charge >= 0.3 is 0 Å². The molecular weight excluding hydrogens is 208 g/mol. The van der Waals surface area contributed by atoms with Crippen LogP contribution in [0.4, 0.5) is 0 Å². The maximum absolute atomic E-state index is 5.53. The molecule has 0 fully saturated rings. The third-order valence-corrected chi connectivity index (χ3v) is 2.45. The van der Waals surface area contributed by atoms with Crippen LogP contribution in [0.15, 0.2) is 0 Å². The normalized spacial score (nSPS) is 14.4. The first-order valence-electron chi connectivity index (χ1n) is 5.32. The molecule has 0 aromatic rings. The van der Waals surface area contributed by atoms with Gasteiger partial charge in [-0.25, -0.2) is 10.3 Å². The van der Waals surface area contributed by atoms with Crippen LogP contribution >= 0.6 is 0 Å². The molecule has 0 atom stereocenters. The van der Waals surface area contributed by atoms with Crippen molar-refractivity contribution in [2.45, 2.75) is 65.8 Å². The topological polar surface area (TPSA) is 42.5 Å². The van der Waals surface area contributed by atoms with Gasteiger partial charge in [0.15, 0.2) is 0 Å². The van der Waals surface area contributed by atoms with E-state index in [0.29, 0.717) is 0 Å². The van der Waals surface area contributed by atoms with Gasteiger partial charge in [-0.1, -0.05) is 0 Å². The Hall–Kier alpha value is 0.0569. The van der Waals surface area contributed by atoms with Crippen LogP contribution in [0.2, 0.25) is 13.1 Å². The van der Waals surface area contributed by atoms with E-state index in [1.807, 2.05) is 41.5 Å². The average molecular weight is 234 g/mol. The van der Waals surface area contributed by atoms with E-state index >= 15 is 0 Å². The molecule has 0 rings (SSSR count). The van der Waals surface area contributed by atoms with E-state index in [0.717, 1.165) is 0 Å². The fraction of sp³-hybridized carbons (Fsp3) is 1.00. The molecule has 92 valence electrons. The number of hydrogen-bond acceptors (Lipinski definition) is 4. The zero-order valence-corrected chi connectivity index (χ0v) is 12.3. The summed E-state index contributed by atoms with van der Waals surface area (Å²) in [6, 6.07) is 0. The van der Waals surface area contributed by atoms with E-state index in [9.17, 15) is 0 Å². The summed E-state index contributed by atoms with van der Waals surface area (Å²) in [4.78, 5) is 11.1. The highest BCUT2D eigenvalue weighted by Crippen LogP contribution is 2.08. The fourth-order valence-electron chi connectivity index (χ4n) is 0.582. The number of nitrogens with one attached hydrogen (secondary N) is 2. The second kappa shape index (κ2) is 4.93. The Balaban J connectivity index is 3.98. The van der Waals surface area contributed by atoms with E-state index in [-0.39, 0.29) is 11.2 Å². The zero-order valence-electron chi connectivity index (χ0n) is 11.3. The van der Waals surface area contributed by atoms with E-state index in [4.69, 9.17) is 9.68 Å². The minimum atomic E-state index is -1.87.